The van der Waals surface area contributed by atoms with Crippen LogP contribution in [0.1, 0.15) is 29.2 Å². The van der Waals surface area contributed by atoms with Crippen LogP contribution in [0.4, 0.5) is 18.9 Å². The second kappa shape index (κ2) is 5.72. The number of halogens is 3. The Labute approximate surface area is 131 Å². The minimum atomic E-state index is -4.50. The number of amides is 1. The fraction of sp³-hybridized carbons (Fsp3) is 0.375. The Hall–Kier alpha value is -2.31. The third-order valence-electron chi connectivity index (χ3n) is 4.02. The summed E-state index contributed by atoms with van der Waals surface area (Å²) >= 11 is 0. The lowest BCUT2D eigenvalue weighted by atomic mass is 9.89. The van der Waals surface area contributed by atoms with Crippen LogP contribution in [0.25, 0.3) is 0 Å². The van der Waals surface area contributed by atoms with Crippen molar-refractivity contribution in [2.75, 3.05) is 5.32 Å². The van der Waals surface area contributed by atoms with Crippen molar-refractivity contribution in [3.63, 3.8) is 0 Å². The summed E-state index contributed by atoms with van der Waals surface area (Å²) in [6.07, 6.45) is -2.80. The first-order valence-electron chi connectivity index (χ1n) is 7.36. The fourth-order valence-electron chi connectivity index (χ4n) is 2.92. The number of alkyl halides is 3. The van der Waals surface area contributed by atoms with Gasteiger partial charge < -0.3 is 10.3 Å². The van der Waals surface area contributed by atoms with Crippen LogP contribution in [0.5, 0.6) is 0 Å². The summed E-state index contributed by atoms with van der Waals surface area (Å²) in [5.74, 6) is 0.0433. The van der Waals surface area contributed by atoms with Crippen LogP contribution in [-0.2, 0) is 23.8 Å². The Bertz CT molecular complexity index is 736. The molecular weight excluding hydrogens is 307 g/mol. The van der Waals surface area contributed by atoms with Gasteiger partial charge in [-0.3, -0.25) is 4.79 Å². The molecule has 4 nitrogen and oxygen atoms in total. The van der Waals surface area contributed by atoms with Crippen LogP contribution < -0.4 is 5.32 Å². The molecule has 1 aromatic heterocycles. The Balaban J connectivity index is 1.76. The van der Waals surface area contributed by atoms with E-state index in [0.29, 0.717) is 19.3 Å². The number of aromatic amines is 1. The monoisotopic (exact) mass is 323 g/mol. The number of benzene rings is 1. The van der Waals surface area contributed by atoms with Gasteiger partial charge in [0.1, 0.15) is 5.82 Å². The molecule has 1 aromatic carbocycles. The fourth-order valence-corrected chi connectivity index (χ4v) is 2.92. The van der Waals surface area contributed by atoms with Crippen molar-refractivity contribution in [2.24, 2.45) is 5.92 Å². The molecule has 2 aromatic rings. The molecule has 1 atom stereocenters. The summed E-state index contributed by atoms with van der Waals surface area (Å²) in [5.41, 5.74) is 0.819. The molecule has 122 valence electrons. The second-order valence-corrected chi connectivity index (χ2v) is 5.72. The van der Waals surface area contributed by atoms with Gasteiger partial charge in [0.15, 0.2) is 0 Å². The minimum absolute atomic E-state index is 0.198. The highest BCUT2D eigenvalue weighted by atomic mass is 19.4. The van der Waals surface area contributed by atoms with E-state index in [9.17, 15) is 18.0 Å². The maximum absolute atomic E-state index is 13.0. The maximum Gasteiger partial charge on any atom is 0.418 e. The molecule has 0 saturated carbocycles. The normalized spacial score (nSPS) is 17.7. The third kappa shape index (κ3) is 3.23. The minimum Gasteiger partial charge on any atom is -0.346 e. The Morgan fingerprint density at radius 1 is 1.35 bits per heavy atom. The van der Waals surface area contributed by atoms with E-state index >= 15 is 0 Å². The first-order valence-corrected chi connectivity index (χ1v) is 7.36. The molecular formula is C16H16F3N3O. The molecule has 0 fully saturated rings. The Morgan fingerprint density at radius 2 is 2.09 bits per heavy atom. The standard InChI is InChI=1S/C16H16F3N3O/c1-9-20-13-7-6-10(8-14(13)21-9)15(23)22-12-5-3-2-4-11(12)16(17,18)19/h2-5,10H,6-8H2,1H3,(H,20,21)(H,22,23). The molecule has 1 aliphatic carbocycles. The highest BCUT2D eigenvalue weighted by Gasteiger charge is 2.34. The molecule has 0 bridgehead atoms. The number of nitrogens with zero attached hydrogens (tertiary/aromatic N) is 1. The van der Waals surface area contributed by atoms with Crippen molar-refractivity contribution >= 4 is 11.6 Å². The van der Waals surface area contributed by atoms with E-state index in [1.54, 1.807) is 0 Å². The first kappa shape index (κ1) is 15.6. The van der Waals surface area contributed by atoms with Crippen molar-refractivity contribution in [3.8, 4) is 0 Å². The van der Waals surface area contributed by atoms with E-state index in [-0.39, 0.29) is 17.5 Å². The molecule has 1 heterocycles. The van der Waals surface area contributed by atoms with E-state index in [1.165, 1.54) is 18.2 Å². The number of fused-ring (bicyclic) bond motifs is 1. The van der Waals surface area contributed by atoms with Gasteiger partial charge in [0.25, 0.3) is 0 Å². The summed E-state index contributed by atoms with van der Waals surface area (Å²) in [5, 5.41) is 2.43. The predicted octanol–water partition coefficient (Wildman–Crippen LogP) is 3.48. The zero-order valence-corrected chi connectivity index (χ0v) is 12.5. The number of H-pyrrole nitrogens is 1. The van der Waals surface area contributed by atoms with Gasteiger partial charge in [-0.2, -0.15) is 13.2 Å². The van der Waals surface area contributed by atoms with Gasteiger partial charge in [-0.1, -0.05) is 12.1 Å². The van der Waals surface area contributed by atoms with Crippen molar-refractivity contribution < 1.29 is 18.0 Å². The Morgan fingerprint density at radius 3 is 2.83 bits per heavy atom. The zero-order valence-electron chi connectivity index (χ0n) is 12.5. The smallest absolute Gasteiger partial charge is 0.346 e. The summed E-state index contributed by atoms with van der Waals surface area (Å²) in [6, 6.07) is 5.02. The van der Waals surface area contributed by atoms with Crippen LogP contribution in [0, 0.1) is 12.8 Å². The molecule has 0 radical (unpaired) electrons. The van der Waals surface area contributed by atoms with Crippen LogP contribution >= 0.6 is 0 Å². The lowest BCUT2D eigenvalue weighted by molar-refractivity contribution is -0.137. The molecule has 3 rings (SSSR count). The van der Waals surface area contributed by atoms with Gasteiger partial charge in [0.2, 0.25) is 5.91 Å². The highest BCUT2D eigenvalue weighted by Crippen LogP contribution is 2.35. The first-order chi connectivity index (χ1) is 10.8. The van der Waals surface area contributed by atoms with Gasteiger partial charge in [0, 0.05) is 18.0 Å². The largest absolute Gasteiger partial charge is 0.418 e. The molecule has 1 unspecified atom stereocenters. The lowest BCUT2D eigenvalue weighted by Crippen LogP contribution is -2.29. The summed E-state index contributed by atoms with van der Waals surface area (Å²) in [4.78, 5) is 19.8. The lowest BCUT2D eigenvalue weighted by Gasteiger charge is -2.21. The van der Waals surface area contributed by atoms with Crippen LogP contribution in [0.3, 0.4) is 0 Å². The average molecular weight is 323 g/mol. The van der Waals surface area contributed by atoms with Crippen molar-refractivity contribution in [1.29, 1.82) is 0 Å². The van der Waals surface area contributed by atoms with E-state index in [2.05, 4.69) is 15.3 Å². The molecule has 0 saturated heterocycles. The number of aromatic nitrogens is 2. The molecule has 0 spiro atoms. The number of hydrogen-bond acceptors (Lipinski definition) is 2. The number of anilines is 1. The molecule has 7 heteroatoms. The van der Waals surface area contributed by atoms with Crippen LogP contribution in [0.15, 0.2) is 24.3 Å². The molecule has 1 aliphatic rings. The predicted molar refractivity (Wildman–Crippen MR) is 78.9 cm³/mol. The van der Waals surface area contributed by atoms with Gasteiger partial charge in [-0.25, -0.2) is 4.98 Å². The van der Waals surface area contributed by atoms with E-state index in [1.807, 2.05) is 6.92 Å². The van der Waals surface area contributed by atoms with Crippen molar-refractivity contribution in [1.82, 2.24) is 9.97 Å². The number of imidazole rings is 1. The molecule has 1 amide bonds. The third-order valence-corrected chi connectivity index (χ3v) is 4.02. The number of carbonyl (C=O) groups is 1. The summed E-state index contributed by atoms with van der Waals surface area (Å²) in [6.45, 7) is 1.84. The number of nitrogens with one attached hydrogen (secondary N) is 2. The quantitative estimate of drug-likeness (QED) is 0.889. The van der Waals surface area contributed by atoms with Gasteiger partial charge >= 0.3 is 6.18 Å². The van der Waals surface area contributed by atoms with Gasteiger partial charge in [0.05, 0.1) is 16.9 Å². The summed E-state index contributed by atoms with van der Waals surface area (Å²) in [7, 11) is 0. The average Bonchev–Trinajstić information content (AvgIpc) is 2.85. The number of para-hydroxylation sites is 1. The molecule has 0 aliphatic heterocycles. The molecule has 2 N–H and O–H groups in total. The number of hydrogen-bond donors (Lipinski definition) is 2. The van der Waals surface area contributed by atoms with E-state index in [4.69, 9.17) is 0 Å². The van der Waals surface area contributed by atoms with Crippen molar-refractivity contribution in [2.45, 2.75) is 32.4 Å². The number of carbonyl (C=O) groups excluding carboxylic acids is 1. The Kier molecular flexibility index (Phi) is 3.87. The second-order valence-electron chi connectivity index (χ2n) is 5.72. The SMILES string of the molecule is Cc1nc2c([nH]1)CC(C(=O)Nc1ccccc1C(F)(F)F)CC2. The van der Waals surface area contributed by atoms with E-state index < -0.39 is 11.7 Å². The topological polar surface area (TPSA) is 57.8 Å². The maximum atomic E-state index is 13.0. The number of aryl methyl sites for hydroxylation is 2. The van der Waals surface area contributed by atoms with Gasteiger partial charge in [-0.15, -0.1) is 0 Å². The number of rotatable bonds is 2. The summed E-state index contributed by atoms with van der Waals surface area (Å²) < 4.78 is 38.9. The molecule has 23 heavy (non-hydrogen) atoms. The van der Waals surface area contributed by atoms with Crippen LogP contribution in [-0.4, -0.2) is 15.9 Å². The van der Waals surface area contributed by atoms with Crippen molar-refractivity contribution in [3.05, 3.63) is 47.0 Å². The highest BCUT2D eigenvalue weighted by molar-refractivity contribution is 5.93. The zero-order chi connectivity index (χ0) is 16.6. The van der Waals surface area contributed by atoms with E-state index in [0.717, 1.165) is 23.3 Å². The van der Waals surface area contributed by atoms with Crippen LogP contribution in [0.2, 0.25) is 0 Å². The van der Waals surface area contributed by atoms with Gasteiger partial charge in [-0.05, 0) is 31.9 Å².